The molecule has 0 spiro atoms. The van der Waals surface area contributed by atoms with Crippen molar-refractivity contribution in [3.63, 3.8) is 0 Å². The summed E-state index contributed by atoms with van der Waals surface area (Å²) in [6.45, 7) is 0.576. The summed E-state index contributed by atoms with van der Waals surface area (Å²) in [5.74, 6) is -0.999. The highest BCUT2D eigenvalue weighted by Gasteiger charge is 2.34. The SMILES string of the molecule is COc1c(F)cccc1Nc1c(-c2ccncc2OC[C@@H]2CCO2)[nH]c2c1C(=O)NC[C@@H]2CF. The van der Waals surface area contributed by atoms with E-state index in [2.05, 4.69) is 20.6 Å². The molecule has 0 unspecified atom stereocenters. The van der Waals surface area contributed by atoms with E-state index in [0.717, 1.165) is 6.42 Å². The zero-order chi connectivity index (χ0) is 23.7. The Bertz CT molecular complexity index is 1210. The number of para-hydroxylation sites is 1. The summed E-state index contributed by atoms with van der Waals surface area (Å²) in [5, 5.41) is 5.88. The van der Waals surface area contributed by atoms with Crippen LogP contribution >= 0.6 is 0 Å². The zero-order valence-electron chi connectivity index (χ0n) is 18.5. The highest BCUT2D eigenvalue weighted by molar-refractivity contribution is 6.07. The van der Waals surface area contributed by atoms with Crippen LogP contribution in [0.1, 0.15) is 28.4 Å². The van der Waals surface area contributed by atoms with Gasteiger partial charge in [0, 0.05) is 42.9 Å². The summed E-state index contributed by atoms with van der Waals surface area (Å²) in [7, 11) is 1.36. The number of alkyl halides is 1. The molecule has 8 nitrogen and oxygen atoms in total. The van der Waals surface area contributed by atoms with Gasteiger partial charge >= 0.3 is 0 Å². The van der Waals surface area contributed by atoms with Crippen LogP contribution in [-0.2, 0) is 4.74 Å². The van der Waals surface area contributed by atoms with Gasteiger partial charge in [-0.15, -0.1) is 0 Å². The fourth-order valence-corrected chi connectivity index (χ4v) is 4.18. The molecule has 4 heterocycles. The predicted molar refractivity (Wildman–Crippen MR) is 121 cm³/mol. The number of benzene rings is 1. The number of carbonyl (C=O) groups is 1. The molecule has 0 radical (unpaired) electrons. The van der Waals surface area contributed by atoms with Crippen LogP contribution in [0.25, 0.3) is 11.3 Å². The molecule has 3 aromatic rings. The van der Waals surface area contributed by atoms with Gasteiger partial charge in [0.15, 0.2) is 11.6 Å². The first-order valence-electron chi connectivity index (χ1n) is 11.0. The molecule has 2 aliphatic heterocycles. The molecule has 1 fully saturated rings. The van der Waals surface area contributed by atoms with Crippen molar-refractivity contribution >= 4 is 17.3 Å². The molecule has 178 valence electrons. The van der Waals surface area contributed by atoms with E-state index >= 15 is 0 Å². The fourth-order valence-electron chi connectivity index (χ4n) is 4.18. The first-order chi connectivity index (χ1) is 16.6. The molecular formula is C24H24F2N4O4. The number of rotatable bonds is 8. The van der Waals surface area contributed by atoms with Gasteiger partial charge < -0.3 is 29.8 Å². The number of hydrogen-bond donors (Lipinski definition) is 3. The number of fused-ring (bicyclic) bond motifs is 1. The second kappa shape index (κ2) is 9.30. The van der Waals surface area contributed by atoms with E-state index in [1.165, 1.54) is 19.2 Å². The maximum absolute atomic E-state index is 14.4. The molecule has 2 atom stereocenters. The van der Waals surface area contributed by atoms with Crippen LogP contribution in [0.3, 0.4) is 0 Å². The second-order valence-corrected chi connectivity index (χ2v) is 8.13. The first-order valence-corrected chi connectivity index (χ1v) is 11.0. The molecule has 0 bridgehead atoms. The Kier molecular flexibility index (Phi) is 6.06. The second-order valence-electron chi connectivity index (χ2n) is 8.13. The maximum atomic E-state index is 14.4. The van der Waals surface area contributed by atoms with Gasteiger partial charge in [0.2, 0.25) is 0 Å². The van der Waals surface area contributed by atoms with Gasteiger partial charge in [-0.05, 0) is 18.2 Å². The molecule has 3 N–H and O–H groups in total. The third-order valence-corrected chi connectivity index (χ3v) is 6.06. The molecule has 1 amide bonds. The number of ether oxygens (including phenoxy) is 3. The van der Waals surface area contributed by atoms with Crippen LogP contribution in [-0.4, -0.2) is 55.5 Å². The monoisotopic (exact) mass is 470 g/mol. The lowest BCUT2D eigenvalue weighted by atomic mass is 9.97. The lowest BCUT2D eigenvalue weighted by Crippen LogP contribution is -2.35. The van der Waals surface area contributed by atoms with Crippen molar-refractivity contribution in [2.45, 2.75) is 18.4 Å². The summed E-state index contributed by atoms with van der Waals surface area (Å²) in [4.78, 5) is 20.3. The summed E-state index contributed by atoms with van der Waals surface area (Å²) in [5.41, 5.74) is 2.53. The number of hydrogen-bond acceptors (Lipinski definition) is 6. The minimum absolute atomic E-state index is 0.00464. The van der Waals surface area contributed by atoms with Crippen molar-refractivity contribution in [3.8, 4) is 22.8 Å². The number of pyridine rings is 1. The number of nitrogens with zero attached hydrogens (tertiary/aromatic N) is 1. The number of aromatic nitrogens is 2. The van der Waals surface area contributed by atoms with E-state index in [9.17, 15) is 13.6 Å². The fraction of sp³-hybridized carbons (Fsp3) is 0.333. The van der Waals surface area contributed by atoms with Crippen molar-refractivity contribution in [3.05, 3.63) is 53.7 Å². The van der Waals surface area contributed by atoms with Gasteiger partial charge in [-0.1, -0.05) is 6.07 Å². The van der Waals surface area contributed by atoms with Gasteiger partial charge in [-0.25, -0.2) is 4.39 Å². The Morgan fingerprint density at radius 3 is 2.91 bits per heavy atom. The van der Waals surface area contributed by atoms with Crippen LogP contribution < -0.4 is 20.1 Å². The summed E-state index contributed by atoms with van der Waals surface area (Å²) in [6.07, 6.45) is 4.10. The highest BCUT2D eigenvalue weighted by Crippen LogP contribution is 2.43. The maximum Gasteiger partial charge on any atom is 0.255 e. The van der Waals surface area contributed by atoms with Crippen molar-refractivity contribution in [2.75, 3.05) is 38.9 Å². The first kappa shape index (κ1) is 22.1. The molecule has 0 aliphatic carbocycles. The lowest BCUT2D eigenvalue weighted by molar-refractivity contribution is -0.0720. The zero-order valence-corrected chi connectivity index (χ0v) is 18.5. The van der Waals surface area contributed by atoms with E-state index in [1.54, 1.807) is 24.5 Å². The van der Waals surface area contributed by atoms with Gasteiger partial charge in [0.05, 0.1) is 48.7 Å². The quantitative estimate of drug-likeness (QED) is 0.462. The number of H-pyrrole nitrogens is 1. The molecule has 34 heavy (non-hydrogen) atoms. The number of carbonyl (C=O) groups excluding carboxylic acids is 1. The number of methoxy groups -OCH3 is 1. The third kappa shape index (κ3) is 3.94. The number of nitrogens with one attached hydrogen (secondary N) is 3. The molecule has 1 aromatic carbocycles. The van der Waals surface area contributed by atoms with Crippen molar-refractivity contribution < 1.29 is 27.8 Å². The Hall–Kier alpha value is -3.66. The van der Waals surface area contributed by atoms with Gasteiger partial charge in [-0.2, -0.15) is 0 Å². The summed E-state index contributed by atoms with van der Waals surface area (Å²) in [6, 6.07) is 6.19. The van der Waals surface area contributed by atoms with E-state index in [0.29, 0.717) is 47.3 Å². The smallest absolute Gasteiger partial charge is 0.255 e. The Morgan fingerprint density at radius 2 is 2.18 bits per heavy atom. The van der Waals surface area contributed by atoms with Crippen LogP contribution in [0, 0.1) is 5.82 Å². The Balaban J connectivity index is 1.63. The van der Waals surface area contributed by atoms with Crippen molar-refractivity contribution in [1.29, 1.82) is 0 Å². The average Bonchev–Trinajstić information content (AvgIpc) is 3.19. The van der Waals surface area contributed by atoms with Crippen LogP contribution in [0.4, 0.5) is 20.2 Å². The van der Waals surface area contributed by atoms with Gasteiger partial charge in [-0.3, -0.25) is 14.2 Å². The van der Waals surface area contributed by atoms with Crippen LogP contribution in [0.5, 0.6) is 11.5 Å². The van der Waals surface area contributed by atoms with E-state index in [-0.39, 0.29) is 29.9 Å². The number of anilines is 2. The largest absolute Gasteiger partial charge is 0.492 e. The minimum Gasteiger partial charge on any atom is -0.492 e. The molecule has 5 rings (SSSR count). The number of aromatic amines is 1. The molecule has 10 heteroatoms. The van der Waals surface area contributed by atoms with E-state index in [1.807, 2.05) is 0 Å². The Morgan fingerprint density at radius 1 is 1.32 bits per heavy atom. The number of halogens is 2. The molecule has 1 saturated heterocycles. The topological polar surface area (TPSA) is 97.5 Å². The number of amides is 1. The summed E-state index contributed by atoms with van der Waals surface area (Å²) < 4.78 is 44.9. The van der Waals surface area contributed by atoms with Crippen molar-refractivity contribution in [2.24, 2.45) is 0 Å². The van der Waals surface area contributed by atoms with E-state index in [4.69, 9.17) is 14.2 Å². The molecular weight excluding hydrogens is 446 g/mol. The van der Waals surface area contributed by atoms with Gasteiger partial charge in [0.1, 0.15) is 12.4 Å². The third-order valence-electron chi connectivity index (χ3n) is 6.06. The normalized spacial score (nSPS) is 19.1. The van der Waals surface area contributed by atoms with Crippen LogP contribution in [0.15, 0.2) is 36.7 Å². The molecule has 2 aliphatic rings. The average molecular weight is 470 g/mol. The van der Waals surface area contributed by atoms with Crippen molar-refractivity contribution in [1.82, 2.24) is 15.3 Å². The molecule has 0 saturated carbocycles. The minimum atomic E-state index is -0.658. The standard InChI is InChI=1S/C24H24F2N4O4/c1-32-23-16(26)3-2-4-17(23)29-22-19-20(13(9-25)10-28-24(19)31)30-21(22)15-5-7-27-11-18(15)34-12-14-6-8-33-14/h2-5,7,11,13-14,29-30H,6,8-10,12H2,1H3,(H,28,31)/t13-,14-/m0/s1. The summed E-state index contributed by atoms with van der Waals surface area (Å²) >= 11 is 0. The predicted octanol–water partition coefficient (Wildman–Crippen LogP) is 3.93. The van der Waals surface area contributed by atoms with Gasteiger partial charge in [0.25, 0.3) is 5.91 Å². The lowest BCUT2D eigenvalue weighted by Gasteiger charge is -2.26. The Labute approximate surface area is 194 Å². The highest BCUT2D eigenvalue weighted by atomic mass is 19.1. The van der Waals surface area contributed by atoms with Crippen LogP contribution in [0.2, 0.25) is 0 Å². The molecule has 2 aromatic heterocycles. The van der Waals surface area contributed by atoms with E-state index < -0.39 is 18.4 Å².